The van der Waals surface area contributed by atoms with Gasteiger partial charge in [-0.3, -0.25) is 19.3 Å². The molecule has 4 aliphatic rings. The summed E-state index contributed by atoms with van der Waals surface area (Å²) in [6.07, 6.45) is -4.87. The molecule has 0 aromatic heterocycles. The van der Waals surface area contributed by atoms with Crippen molar-refractivity contribution in [2.75, 3.05) is 26.4 Å². The summed E-state index contributed by atoms with van der Waals surface area (Å²) in [5.41, 5.74) is 5.37. The number of amides is 1. The molecule has 5 atom stereocenters. The van der Waals surface area contributed by atoms with Crippen molar-refractivity contribution in [3.05, 3.63) is 39.4 Å². The fourth-order valence-electron chi connectivity index (χ4n) is 6.90. The van der Waals surface area contributed by atoms with Gasteiger partial charge in [-0.15, -0.1) is 13.2 Å². The number of aliphatic hydroxyl groups is 3. The van der Waals surface area contributed by atoms with E-state index in [1.165, 1.54) is 19.0 Å². The highest BCUT2D eigenvalue weighted by atomic mass is 19.4. The molecule has 1 saturated heterocycles. The normalized spacial score (nSPS) is 29.9. The Bertz CT molecular complexity index is 1450. The zero-order chi connectivity index (χ0) is 30.3. The van der Waals surface area contributed by atoms with Crippen molar-refractivity contribution in [2.24, 2.45) is 17.6 Å². The molecule has 9 N–H and O–H groups in total. The predicted molar refractivity (Wildman–Crippen MR) is 135 cm³/mol. The van der Waals surface area contributed by atoms with E-state index < -0.39 is 98.8 Å². The molecule has 1 amide bonds. The Balaban J connectivity index is 1.76. The van der Waals surface area contributed by atoms with Crippen LogP contribution in [0.15, 0.2) is 22.7 Å². The number of rotatable bonds is 4. The van der Waals surface area contributed by atoms with Crippen LogP contribution in [0.1, 0.15) is 46.8 Å². The van der Waals surface area contributed by atoms with Gasteiger partial charge in [-0.2, -0.15) is 0 Å². The summed E-state index contributed by atoms with van der Waals surface area (Å²) in [4.78, 5) is 40.6. The molecule has 12 nitrogen and oxygen atoms in total. The van der Waals surface area contributed by atoms with E-state index in [9.17, 15) is 48.0 Å². The second-order valence-corrected chi connectivity index (χ2v) is 11.0. The van der Waals surface area contributed by atoms with Gasteiger partial charge in [0, 0.05) is 28.7 Å². The molecule has 3 aliphatic carbocycles. The number of hydrogen-bond acceptors (Lipinski definition) is 11. The standard InChI is InChI=1S/C26H29F3N4O8/c1-33(2)17-10-7-8-6-9-13(18(34)12(8)22(37)25(10,40)23(38)15(20(17)36)24(31)39)19(35)16(30)14(11-4-3-5-32-11)21(9)41-26(27,28)29/h8,10-11,17,32,35-37,40H,3-7,30H2,1-2H3,(H2,31,39)/t8-,10-,11?,17-,25-/m0/s1. The number of ether oxygens (including phenoxy) is 1. The van der Waals surface area contributed by atoms with E-state index >= 15 is 0 Å². The highest BCUT2D eigenvalue weighted by Gasteiger charge is 2.63. The summed E-state index contributed by atoms with van der Waals surface area (Å²) in [5.74, 6) is -9.86. The van der Waals surface area contributed by atoms with Gasteiger partial charge >= 0.3 is 6.36 Å². The molecule has 5 rings (SSSR count). The molecule has 1 unspecified atom stereocenters. The van der Waals surface area contributed by atoms with Gasteiger partial charge in [0.2, 0.25) is 5.78 Å². The molecule has 222 valence electrons. The first-order valence-electron chi connectivity index (χ1n) is 12.8. The number of primary amides is 1. The minimum Gasteiger partial charge on any atom is -0.510 e. The number of phenols is 1. The Hall–Kier alpha value is -3.82. The van der Waals surface area contributed by atoms with E-state index in [2.05, 4.69) is 10.1 Å². The number of nitrogens with two attached hydrogens (primary N) is 2. The molecule has 1 aromatic rings. The maximum absolute atomic E-state index is 13.8. The number of ketones is 2. The van der Waals surface area contributed by atoms with E-state index in [0.717, 1.165) is 0 Å². The van der Waals surface area contributed by atoms with Crippen LogP contribution in [-0.2, 0) is 16.0 Å². The first-order chi connectivity index (χ1) is 19.0. The average molecular weight is 583 g/mol. The lowest BCUT2D eigenvalue weighted by Gasteiger charge is -2.50. The number of alkyl halides is 3. The van der Waals surface area contributed by atoms with Crippen molar-refractivity contribution < 1.29 is 52.7 Å². The molecular formula is C26H29F3N4O8. The Morgan fingerprint density at radius 2 is 1.85 bits per heavy atom. The van der Waals surface area contributed by atoms with Crippen molar-refractivity contribution >= 4 is 23.2 Å². The third-order valence-electron chi connectivity index (χ3n) is 8.54. The lowest BCUT2D eigenvalue weighted by molar-refractivity contribution is -0.275. The minimum absolute atomic E-state index is 0.154. The zero-order valence-electron chi connectivity index (χ0n) is 22.0. The number of nitrogens with one attached hydrogen (secondary N) is 1. The number of hydrogen-bond donors (Lipinski definition) is 7. The van der Waals surface area contributed by atoms with Gasteiger partial charge in [-0.05, 0) is 52.2 Å². The fraction of sp³-hybridized carbons (Fsp3) is 0.500. The highest BCUT2D eigenvalue weighted by Crippen LogP contribution is 2.56. The number of benzene rings is 1. The molecule has 1 heterocycles. The molecular weight excluding hydrogens is 553 g/mol. The van der Waals surface area contributed by atoms with Crippen LogP contribution in [0.25, 0.3) is 0 Å². The smallest absolute Gasteiger partial charge is 0.510 e. The number of aromatic hydroxyl groups is 1. The third-order valence-corrected chi connectivity index (χ3v) is 8.54. The van der Waals surface area contributed by atoms with Crippen LogP contribution in [0.5, 0.6) is 11.5 Å². The predicted octanol–water partition coefficient (Wildman–Crippen LogP) is 1.03. The van der Waals surface area contributed by atoms with Crippen molar-refractivity contribution in [2.45, 2.75) is 49.7 Å². The summed E-state index contributed by atoms with van der Waals surface area (Å²) in [6.45, 7) is 0.472. The maximum Gasteiger partial charge on any atom is 0.573 e. The molecule has 15 heteroatoms. The SMILES string of the molecule is CN(C)[C@@H]1C(O)=C(C(N)=O)C(=O)[C@@]2(O)C(O)=C3C(=O)c4c(O)c(N)c(C5CCCN5)c(OC(F)(F)F)c4C[C@H]3C[C@@H]12. The van der Waals surface area contributed by atoms with Crippen LogP contribution in [0, 0.1) is 11.8 Å². The van der Waals surface area contributed by atoms with E-state index in [-0.39, 0.29) is 24.0 Å². The Morgan fingerprint density at radius 1 is 1.20 bits per heavy atom. The van der Waals surface area contributed by atoms with E-state index in [1.807, 2.05) is 0 Å². The number of anilines is 1. The second-order valence-electron chi connectivity index (χ2n) is 11.0. The van der Waals surface area contributed by atoms with Gasteiger partial charge < -0.3 is 41.9 Å². The lowest BCUT2D eigenvalue weighted by Crippen LogP contribution is -2.63. The molecule has 1 fully saturated rings. The second kappa shape index (κ2) is 9.36. The summed E-state index contributed by atoms with van der Waals surface area (Å²) >= 11 is 0. The van der Waals surface area contributed by atoms with Crippen LogP contribution in [0.3, 0.4) is 0 Å². The van der Waals surface area contributed by atoms with Crippen LogP contribution in [0.4, 0.5) is 18.9 Å². The van der Waals surface area contributed by atoms with Crippen molar-refractivity contribution in [1.29, 1.82) is 0 Å². The minimum atomic E-state index is -5.19. The average Bonchev–Trinajstić information content (AvgIpc) is 3.38. The first-order valence-corrected chi connectivity index (χ1v) is 12.8. The quantitative estimate of drug-likeness (QED) is 0.151. The molecule has 0 bridgehead atoms. The third kappa shape index (κ3) is 4.05. The summed E-state index contributed by atoms with van der Waals surface area (Å²) in [6, 6.07) is -1.95. The van der Waals surface area contributed by atoms with Crippen LogP contribution in [-0.4, -0.2) is 81.4 Å². The van der Waals surface area contributed by atoms with E-state index in [1.54, 1.807) is 0 Å². The van der Waals surface area contributed by atoms with Gasteiger partial charge in [0.1, 0.15) is 22.8 Å². The fourth-order valence-corrected chi connectivity index (χ4v) is 6.90. The van der Waals surface area contributed by atoms with Crippen molar-refractivity contribution in [1.82, 2.24) is 10.2 Å². The van der Waals surface area contributed by atoms with Gasteiger partial charge in [-0.25, -0.2) is 0 Å². The number of nitrogen functional groups attached to an aromatic ring is 1. The maximum atomic E-state index is 13.8. The Morgan fingerprint density at radius 3 is 2.39 bits per heavy atom. The zero-order valence-corrected chi connectivity index (χ0v) is 22.0. The number of allylic oxidation sites excluding steroid dienone is 1. The number of aliphatic hydroxyl groups excluding tert-OH is 2. The van der Waals surface area contributed by atoms with Crippen molar-refractivity contribution in [3.8, 4) is 11.5 Å². The topological polar surface area (TPSA) is 209 Å². The number of phenolic OH excluding ortho intramolecular Hbond substituents is 1. The molecule has 41 heavy (non-hydrogen) atoms. The van der Waals surface area contributed by atoms with Gasteiger partial charge in [0.05, 0.1) is 17.3 Å². The van der Waals surface area contributed by atoms with Crippen LogP contribution in [0.2, 0.25) is 0 Å². The molecule has 0 radical (unpaired) electrons. The lowest BCUT2D eigenvalue weighted by atomic mass is 9.58. The number of Topliss-reactive ketones (excluding diaryl/α,β-unsaturated/α-hetero) is 2. The Kier molecular flexibility index (Phi) is 6.55. The number of halogens is 3. The highest BCUT2D eigenvalue weighted by molar-refractivity contribution is 6.25. The molecule has 1 aromatic carbocycles. The summed E-state index contributed by atoms with van der Waals surface area (Å²) < 4.78 is 45.4. The molecule has 0 saturated carbocycles. The number of likely N-dealkylation sites (N-methyl/N-ethyl adjacent to an activating group) is 1. The summed E-state index contributed by atoms with van der Waals surface area (Å²) in [5, 5.41) is 47.8. The van der Waals surface area contributed by atoms with Gasteiger partial charge in [0.25, 0.3) is 5.91 Å². The molecule has 0 spiro atoms. The number of carbonyl (C=O) groups excluding carboxylic acids is 3. The van der Waals surface area contributed by atoms with E-state index in [0.29, 0.717) is 19.4 Å². The van der Waals surface area contributed by atoms with E-state index in [4.69, 9.17) is 11.5 Å². The van der Waals surface area contributed by atoms with Crippen LogP contribution >= 0.6 is 0 Å². The van der Waals surface area contributed by atoms with Crippen LogP contribution < -0.4 is 21.5 Å². The number of nitrogens with zero attached hydrogens (tertiary/aromatic N) is 1. The van der Waals surface area contributed by atoms with Crippen molar-refractivity contribution in [3.63, 3.8) is 0 Å². The Labute approximate surface area is 231 Å². The first kappa shape index (κ1) is 28.7. The van der Waals surface area contributed by atoms with Gasteiger partial charge in [0.15, 0.2) is 17.1 Å². The number of carbonyl (C=O) groups is 3. The summed E-state index contributed by atoms with van der Waals surface area (Å²) in [7, 11) is 2.93. The van der Waals surface area contributed by atoms with Gasteiger partial charge in [-0.1, -0.05) is 0 Å². The number of fused-ring (bicyclic) bond motifs is 3. The monoisotopic (exact) mass is 582 g/mol. The largest absolute Gasteiger partial charge is 0.573 e. The molecule has 1 aliphatic heterocycles.